The Bertz CT molecular complexity index is 778. The second-order valence-corrected chi connectivity index (χ2v) is 6.01. The van der Waals surface area contributed by atoms with Gasteiger partial charge in [-0.05, 0) is 30.3 Å². The first-order chi connectivity index (χ1) is 11.6. The summed E-state index contributed by atoms with van der Waals surface area (Å²) in [5.74, 6) is -0.0862. The minimum Gasteiger partial charge on any atom is -0.495 e. The Labute approximate surface area is 145 Å². The molecule has 0 aromatic heterocycles. The van der Waals surface area contributed by atoms with Crippen molar-refractivity contribution >= 4 is 34.8 Å². The fourth-order valence-corrected chi connectivity index (χ4v) is 2.97. The number of anilines is 2. The van der Waals surface area contributed by atoms with E-state index in [4.69, 9.17) is 16.3 Å². The molecule has 2 aromatic rings. The molecule has 0 bridgehead atoms. The van der Waals surface area contributed by atoms with Crippen LogP contribution in [0.2, 0.25) is 5.02 Å². The number of hydrogen-bond donors (Lipinski definition) is 1. The number of carbonyl (C=O) groups is 2. The van der Waals surface area contributed by atoms with Crippen LogP contribution in [0.25, 0.3) is 0 Å². The lowest BCUT2D eigenvalue weighted by Crippen LogP contribution is -2.28. The summed E-state index contributed by atoms with van der Waals surface area (Å²) in [6.07, 6.45) is 0.171. The molecule has 0 aliphatic carbocycles. The monoisotopic (exact) mass is 344 g/mol. The summed E-state index contributed by atoms with van der Waals surface area (Å²) in [4.78, 5) is 26.4. The Hall–Kier alpha value is -2.53. The number of nitrogens with zero attached hydrogens (tertiary/aromatic N) is 1. The van der Waals surface area contributed by atoms with Gasteiger partial charge in [-0.25, -0.2) is 0 Å². The molecular weight excluding hydrogens is 328 g/mol. The smallest absolute Gasteiger partial charge is 0.229 e. The highest BCUT2D eigenvalue weighted by atomic mass is 35.5. The van der Waals surface area contributed by atoms with E-state index < -0.39 is 5.92 Å². The lowest BCUT2D eigenvalue weighted by atomic mass is 10.1. The van der Waals surface area contributed by atoms with E-state index in [-0.39, 0.29) is 18.2 Å². The maximum Gasteiger partial charge on any atom is 0.229 e. The van der Waals surface area contributed by atoms with Crippen LogP contribution in [0.1, 0.15) is 6.42 Å². The summed E-state index contributed by atoms with van der Waals surface area (Å²) in [5, 5.41) is 3.36. The quantitative estimate of drug-likeness (QED) is 0.925. The van der Waals surface area contributed by atoms with E-state index in [1.807, 2.05) is 18.2 Å². The molecule has 1 saturated heterocycles. The van der Waals surface area contributed by atoms with Gasteiger partial charge in [-0.2, -0.15) is 0 Å². The molecule has 1 fully saturated rings. The molecule has 1 atom stereocenters. The van der Waals surface area contributed by atoms with Crippen LogP contribution in [0.4, 0.5) is 11.4 Å². The third-order valence-corrected chi connectivity index (χ3v) is 4.20. The molecule has 1 aliphatic rings. The van der Waals surface area contributed by atoms with Crippen LogP contribution in [-0.2, 0) is 9.59 Å². The van der Waals surface area contributed by atoms with Crippen LogP contribution in [0.5, 0.6) is 5.75 Å². The maximum absolute atomic E-state index is 12.4. The number of hydrogen-bond acceptors (Lipinski definition) is 3. The first-order valence-corrected chi connectivity index (χ1v) is 7.96. The van der Waals surface area contributed by atoms with Gasteiger partial charge in [-0.3, -0.25) is 9.59 Å². The number of amides is 2. The highest BCUT2D eigenvalue weighted by molar-refractivity contribution is 6.30. The fraction of sp³-hybridized carbons (Fsp3) is 0.222. The number of para-hydroxylation sites is 2. The van der Waals surface area contributed by atoms with Gasteiger partial charge in [0.1, 0.15) is 5.75 Å². The number of benzene rings is 2. The topological polar surface area (TPSA) is 58.6 Å². The van der Waals surface area contributed by atoms with Crippen LogP contribution in [0.15, 0.2) is 48.5 Å². The van der Waals surface area contributed by atoms with Crippen molar-refractivity contribution in [2.75, 3.05) is 23.9 Å². The van der Waals surface area contributed by atoms with E-state index in [0.29, 0.717) is 28.7 Å². The fourth-order valence-electron chi connectivity index (χ4n) is 2.78. The average Bonchev–Trinajstić information content (AvgIpc) is 2.96. The molecule has 0 unspecified atom stereocenters. The Morgan fingerprint density at radius 3 is 2.79 bits per heavy atom. The Morgan fingerprint density at radius 2 is 2.04 bits per heavy atom. The number of nitrogens with one attached hydrogen (secondary N) is 1. The largest absolute Gasteiger partial charge is 0.495 e. The third kappa shape index (κ3) is 3.36. The SMILES string of the molecule is COc1ccccc1N1C[C@@H](C(=O)Nc2cccc(Cl)c2)CC1=O. The summed E-state index contributed by atoms with van der Waals surface area (Å²) in [6.45, 7) is 0.325. The molecule has 6 heteroatoms. The molecule has 1 heterocycles. The Kier molecular flexibility index (Phi) is 4.71. The predicted octanol–water partition coefficient (Wildman–Crippen LogP) is 3.34. The maximum atomic E-state index is 12.4. The van der Waals surface area contributed by atoms with Crippen LogP contribution in [0.3, 0.4) is 0 Å². The molecule has 5 nitrogen and oxygen atoms in total. The third-order valence-electron chi connectivity index (χ3n) is 3.96. The molecule has 1 aliphatic heterocycles. The molecule has 0 spiro atoms. The van der Waals surface area contributed by atoms with E-state index in [1.165, 1.54) is 0 Å². The first kappa shape index (κ1) is 16.3. The van der Waals surface area contributed by atoms with Gasteiger partial charge < -0.3 is 15.0 Å². The van der Waals surface area contributed by atoms with E-state index >= 15 is 0 Å². The minimum atomic E-state index is -0.415. The number of methoxy groups -OCH3 is 1. The van der Waals surface area contributed by atoms with Crippen molar-refractivity contribution in [2.45, 2.75) is 6.42 Å². The normalized spacial score (nSPS) is 17.0. The van der Waals surface area contributed by atoms with Crippen molar-refractivity contribution in [2.24, 2.45) is 5.92 Å². The van der Waals surface area contributed by atoms with Crippen molar-refractivity contribution in [1.29, 1.82) is 0 Å². The van der Waals surface area contributed by atoms with Gasteiger partial charge in [0.2, 0.25) is 11.8 Å². The standard InChI is InChI=1S/C18H17ClN2O3/c1-24-16-8-3-2-7-15(16)21-11-12(9-17(21)22)18(23)20-14-6-4-5-13(19)10-14/h2-8,10,12H,9,11H2,1H3,(H,20,23)/t12-/m0/s1. The molecule has 24 heavy (non-hydrogen) atoms. The van der Waals surface area contributed by atoms with Crippen LogP contribution < -0.4 is 15.0 Å². The second kappa shape index (κ2) is 6.93. The summed E-state index contributed by atoms with van der Waals surface area (Å²) >= 11 is 5.92. The van der Waals surface area contributed by atoms with Gasteiger partial charge in [0.05, 0.1) is 18.7 Å². The van der Waals surface area contributed by atoms with Crippen LogP contribution >= 0.6 is 11.6 Å². The summed E-state index contributed by atoms with van der Waals surface area (Å²) < 4.78 is 5.30. The molecule has 0 saturated carbocycles. The van der Waals surface area contributed by atoms with Crippen molar-refractivity contribution in [3.05, 3.63) is 53.6 Å². The van der Waals surface area contributed by atoms with Gasteiger partial charge in [-0.1, -0.05) is 29.8 Å². The van der Waals surface area contributed by atoms with E-state index in [9.17, 15) is 9.59 Å². The highest BCUT2D eigenvalue weighted by Crippen LogP contribution is 2.33. The van der Waals surface area contributed by atoms with Gasteiger partial charge >= 0.3 is 0 Å². The molecule has 3 rings (SSSR count). The van der Waals surface area contributed by atoms with Crippen molar-refractivity contribution in [3.8, 4) is 5.75 Å². The van der Waals surface area contributed by atoms with Crippen LogP contribution in [0, 0.1) is 5.92 Å². The highest BCUT2D eigenvalue weighted by Gasteiger charge is 2.36. The van der Waals surface area contributed by atoms with Crippen molar-refractivity contribution in [1.82, 2.24) is 0 Å². The average molecular weight is 345 g/mol. The Balaban J connectivity index is 1.73. The molecule has 1 N–H and O–H groups in total. The Morgan fingerprint density at radius 1 is 1.25 bits per heavy atom. The van der Waals surface area contributed by atoms with E-state index in [1.54, 1.807) is 42.3 Å². The number of ether oxygens (including phenoxy) is 1. The predicted molar refractivity (Wildman–Crippen MR) is 93.5 cm³/mol. The first-order valence-electron chi connectivity index (χ1n) is 7.58. The lowest BCUT2D eigenvalue weighted by molar-refractivity contribution is -0.122. The van der Waals surface area contributed by atoms with Gasteiger partial charge in [0, 0.05) is 23.7 Å². The zero-order chi connectivity index (χ0) is 17.1. The van der Waals surface area contributed by atoms with Gasteiger partial charge in [0.25, 0.3) is 0 Å². The zero-order valence-electron chi connectivity index (χ0n) is 13.2. The van der Waals surface area contributed by atoms with E-state index in [2.05, 4.69) is 5.32 Å². The molecule has 0 radical (unpaired) electrons. The number of halogens is 1. The van der Waals surface area contributed by atoms with Gasteiger partial charge in [0.15, 0.2) is 0 Å². The molecule has 2 amide bonds. The summed E-state index contributed by atoms with van der Waals surface area (Å²) in [5.41, 5.74) is 1.30. The van der Waals surface area contributed by atoms with Crippen molar-refractivity contribution in [3.63, 3.8) is 0 Å². The van der Waals surface area contributed by atoms with Crippen molar-refractivity contribution < 1.29 is 14.3 Å². The second-order valence-electron chi connectivity index (χ2n) is 5.58. The minimum absolute atomic E-state index is 0.0919. The lowest BCUT2D eigenvalue weighted by Gasteiger charge is -2.19. The number of carbonyl (C=O) groups excluding carboxylic acids is 2. The van der Waals surface area contributed by atoms with Crippen LogP contribution in [-0.4, -0.2) is 25.5 Å². The summed E-state index contributed by atoms with van der Waals surface area (Å²) in [6, 6.07) is 14.2. The van der Waals surface area contributed by atoms with Gasteiger partial charge in [-0.15, -0.1) is 0 Å². The molecule has 124 valence electrons. The molecular formula is C18H17ClN2O3. The number of rotatable bonds is 4. The summed E-state index contributed by atoms with van der Waals surface area (Å²) in [7, 11) is 1.56. The van der Waals surface area contributed by atoms with E-state index in [0.717, 1.165) is 0 Å². The zero-order valence-corrected chi connectivity index (χ0v) is 13.9. The molecule has 2 aromatic carbocycles.